The maximum absolute atomic E-state index is 13.1. The van der Waals surface area contributed by atoms with Gasteiger partial charge in [0.1, 0.15) is 11.9 Å². The van der Waals surface area contributed by atoms with Gasteiger partial charge in [-0.15, -0.1) is 0 Å². The van der Waals surface area contributed by atoms with Crippen molar-refractivity contribution in [3.05, 3.63) is 84.0 Å². The largest absolute Gasteiger partial charge is 0.350 e. The summed E-state index contributed by atoms with van der Waals surface area (Å²) >= 11 is 0. The average Bonchev–Trinajstić information content (AvgIpc) is 3.16. The predicted molar refractivity (Wildman–Crippen MR) is 97.9 cm³/mol. The van der Waals surface area contributed by atoms with Crippen LogP contribution in [0.2, 0.25) is 0 Å². The molecule has 3 heterocycles. The first-order valence-electron chi connectivity index (χ1n) is 8.83. The van der Waals surface area contributed by atoms with E-state index < -0.39 is 0 Å². The third-order valence-corrected chi connectivity index (χ3v) is 4.71. The Balaban J connectivity index is 1.46. The van der Waals surface area contributed by atoms with Crippen LogP contribution < -0.4 is 5.32 Å². The Bertz CT molecular complexity index is 910. The van der Waals surface area contributed by atoms with Crippen LogP contribution in [0.25, 0.3) is 0 Å². The highest BCUT2D eigenvalue weighted by Gasteiger charge is 2.30. The van der Waals surface area contributed by atoms with Gasteiger partial charge in [0, 0.05) is 44.8 Å². The van der Waals surface area contributed by atoms with Gasteiger partial charge in [0.25, 0.3) is 0 Å². The number of hydrogen-bond donors (Lipinski definition) is 1. The molecule has 1 aromatic carbocycles. The summed E-state index contributed by atoms with van der Waals surface area (Å²) in [7, 11) is 0. The van der Waals surface area contributed by atoms with Gasteiger partial charge in [-0.25, -0.2) is 9.37 Å². The summed E-state index contributed by atoms with van der Waals surface area (Å²) < 4.78 is 15.1. The molecule has 138 valence electrons. The Morgan fingerprint density at radius 2 is 2.00 bits per heavy atom. The van der Waals surface area contributed by atoms with E-state index in [0.29, 0.717) is 26.2 Å². The minimum Gasteiger partial charge on any atom is -0.350 e. The standard InChI is InChI=1S/C20H20FN5O/c21-17-5-3-15(4-6-17)11-25-12-18-10-23-14-26(18)19(13-25)20(27)24-9-16-2-1-7-22-8-16/h1-8,10,14,19H,9,11-13H2,(H,24,27)/t19-/m0/s1. The summed E-state index contributed by atoms with van der Waals surface area (Å²) in [6, 6.07) is 9.90. The maximum atomic E-state index is 13.1. The minimum atomic E-state index is -0.353. The van der Waals surface area contributed by atoms with Gasteiger partial charge in [0.05, 0.1) is 12.0 Å². The first kappa shape index (κ1) is 17.4. The third-order valence-electron chi connectivity index (χ3n) is 4.71. The quantitative estimate of drug-likeness (QED) is 0.754. The molecule has 0 fully saturated rings. The summed E-state index contributed by atoms with van der Waals surface area (Å²) in [6.45, 7) is 2.35. The van der Waals surface area contributed by atoms with Gasteiger partial charge in [0.15, 0.2) is 0 Å². The number of pyridine rings is 1. The highest BCUT2D eigenvalue weighted by atomic mass is 19.1. The van der Waals surface area contributed by atoms with Crippen molar-refractivity contribution in [3.8, 4) is 0 Å². The van der Waals surface area contributed by atoms with Crippen molar-refractivity contribution in [1.82, 2.24) is 24.8 Å². The number of nitrogens with zero attached hydrogens (tertiary/aromatic N) is 4. The van der Waals surface area contributed by atoms with Gasteiger partial charge in [-0.1, -0.05) is 18.2 Å². The van der Waals surface area contributed by atoms with Crippen LogP contribution in [0.15, 0.2) is 61.3 Å². The second-order valence-corrected chi connectivity index (χ2v) is 6.68. The fourth-order valence-electron chi connectivity index (χ4n) is 3.35. The van der Waals surface area contributed by atoms with Crippen molar-refractivity contribution in [3.63, 3.8) is 0 Å². The van der Waals surface area contributed by atoms with Crippen molar-refractivity contribution in [2.75, 3.05) is 6.54 Å². The van der Waals surface area contributed by atoms with E-state index in [9.17, 15) is 9.18 Å². The van der Waals surface area contributed by atoms with Gasteiger partial charge >= 0.3 is 0 Å². The van der Waals surface area contributed by atoms with E-state index in [2.05, 4.69) is 20.2 Å². The lowest BCUT2D eigenvalue weighted by molar-refractivity contribution is -0.125. The van der Waals surface area contributed by atoms with E-state index in [1.165, 1.54) is 12.1 Å². The van der Waals surface area contributed by atoms with Crippen LogP contribution in [-0.2, 0) is 24.4 Å². The lowest BCUT2D eigenvalue weighted by Gasteiger charge is -2.33. The van der Waals surface area contributed by atoms with Crippen molar-refractivity contribution in [1.29, 1.82) is 0 Å². The van der Waals surface area contributed by atoms with Crippen molar-refractivity contribution >= 4 is 5.91 Å². The molecule has 3 aromatic rings. The number of halogens is 1. The molecule has 7 heteroatoms. The molecule has 6 nitrogen and oxygen atoms in total. The second kappa shape index (κ2) is 7.67. The first-order valence-corrected chi connectivity index (χ1v) is 8.83. The molecule has 4 rings (SSSR count). The van der Waals surface area contributed by atoms with Crippen LogP contribution in [0.5, 0.6) is 0 Å². The minimum absolute atomic E-state index is 0.0538. The van der Waals surface area contributed by atoms with Gasteiger partial charge in [-0.3, -0.25) is 14.7 Å². The Kier molecular flexibility index (Phi) is 4.93. The Morgan fingerprint density at radius 3 is 2.78 bits per heavy atom. The molecule has 0 unspecified atom stereocenters. The lowest BCUT2D eigenvalue weighted by Crippen LogP contribution is -2.44. The number of nitrogens with one attached hydrogen (secondary N) is 1. The van der Waals surface area contributed by atoms with Crippen molar-refractivity contribution in [2.45, 2.75) is 25.7 Å². The highest BCUT2D eigenvalue weighted by molar-refractivity contribution is 5.80. The topological polar surface area (TPSA) is 63.1 Å². The Hall–Kier alpha value is -3.06. The number of amides is 1. The fourth-order valence-corrected chi connectivity index (χ4v) is 3.35. The van der Waals surface area contributed by atoms with Crippen LogP contribution in [-0.4, -0.2) is 31.9 Å². The summed E-state index contributed by atoms with van der Waals surface area (Å²) in [5.41, 5.74) is 2.96. The van der Waals surface area contributed by atoms with E-state index in [1.807, 2.05) is 16.7 Å². The van der Waals surface area contributed by atoms with Crippen LogP contribution in [0.1, 0.15) is 22.9 Å². The van der Waals surface area contributed by atoms with Crippen LogP contribution in [0.4, 0.5) is 4.39 Å². The molecule has 0 radical (unpaired) electrons. The monoisotopic (exact) mass is 365 g/mol. The molecule has 0 saturated heterocycles. The SMILES string of the molecule is O=C(NCc1cccnc1)[C@@H]1CN(Cc2ccc(F)cc2)Cc2cncn21. The number of imidazole rings is 1. The Morgan fingerprint density at radius 1 is 1.15 bits per heavy atom. The molecule has 27 heavy (non-hydrogen) atoms. The van der Waals surface area contributed by atoms with E-state index in [1.54, 1.807) is 37.1 Å². The number of hydrogen-bond acceptors (Lipinski definition) is 4. The Labute approximate surface area is 156 Å². The van der Waals surface area contributed by atoms with Crippen LogP contribution in [0.3, 0.4) is 0 Å². The van der Waals surface area contributed by atoms with Gasteiger partial charge < -0.3 is 9.88 Å². The van der Waals surface area contributed by atoms with Crippen molar-refractivity contribution in [2.24, 2.45) is 0 Å². The number of fused-ring (bicyclic) bond motifs is 1. The zero-order chi connectivity index (χ0) is 18.6. The lowest BCUT2D eigenvalue weighted by atomic mass is 10.1. The van der Waals surface area contributed by atoms with Gasteiger partial charge in [-0.05, 0) is 29.3 Å². The number of carbonyl (C=O) groups excluding carboxylic acids is 1. The number of benzene rings is 1. The molecule has 0 bridgehead atoms. The van der Waals surface area contributed by atoms with E-state index in [4.69, 9.17) is 0 Å². The predicted octanol–water partition coefficient (Wildman–Crippen LogP) is 2.29. The molecule has 2 aromatic heterocycles. The normalized spacial score (nSPS) is 16.7. The summed E-state index contributed by atoms with van der Waals surface area (Å²) in [6.07, 6.45) is 6.94. The molecule has 0 aliphatic carbocycles. The summed E-state index contributed by atoms with van der Waals surface area (Å²) in [5.74, 6) is -0.301. The molecule has 1 atom stereocenters. The zero-order valence-corrected chi connectivity index (χ0v) is 14.8. The summed E-state index contributed by atoms with van der Waals surface area (Å²) in [5, 5.41) is 2.99. The highest BCUT2D eigenvalue weighted by Crippen LogP contribution is 2.23. The molecule has 1 aliphatic heterocycles. The number of carbonyl (C=O) groups is 1. The first-order chi connectivity index (χ1) is 13.2. The molecule has 0 saturated carbocycles. The molecular weight excluding hydrogens is 345 g/mol. The van der Waals surface area contributed by atoms with Crippen LogP contribution >= 0.6 is 0 Å². The summed E-state index contributed by atoms with van der Waals surface area (Å²) in [4.78, 5) is 23.3. The third kappa shape index (κ3) is 4.03. The van der Waals surface area contributed by atoms with E-state index in [-0.39, 0.29) is 17.8 Å². The zero-order valence-electron chi connectivity index (χ0n) is 14.8. The van der Waals surface area contributed by atoms with Crippen LogP contribution in [0, 0.1) is 5.82 Å². The molecule has 1 aliphatic rings. The smallest absolute Gasteiger partial charge is 0.244 e. The fraction of sp³-hybridized carbons (Fsp3) is 0.250. The van der Waals surface area contributed by atoms with E-state index in [0.717, 1.165) is 16.8 Å². The second-order valence-electron chi connectivity index (χ2n) is 6.68. The maximum Gasteiger partial charge on any atom is 0.244 e. The average molecular weight is 365 g/mol. The van der Waals surface area contributed by atoms with Crippen molar-refractivity contribution < 1.29 is 9.18 Å². The molecule has 1 amide bonds. The molecular formula is C20H20FN5O. The van der Waals surface area contributed by atoms with Gasteiger partial charge in [0.2, 0.25) is 5.91 Å². The van der Waals surface area contributed by atoms with Gasteiger partial charge in [-0.2, -0.15) is 0 Å². The molecule has 1 N–H and O–H groups in total. The van der Waals surface area contributed by atoms with E-state index >= 15 is 0 Å². The number of rotatable bonds is 5. The number of aromatic nitrogens is 3. The molecule has 0 spiro atoms.